The molecule has 6 nitrogen and oxygen atoms in total. The molecule has 1 aromatic heterocycles. The molecule has 0 amide bonds. The van der Waals surface area contributed by atoms with Gasteiger partial charge in [-0.2, -0.15) is 0 Å². The highest BCUT2D eigenvalue weighted by Gasteiger charge is 2.10. The van der Waals surface area contributed by atoms with E-state index in [1.54, 1.807) is 12.3 Å². The molecule has 0 aliphatic heterocycles. The molecule has 0 saturated heterocycles. The number of ether oxygens (including phenoxy) is 2. The Labute approximate surface area is 197 Å². The summed E-state index contributed by atoms with van der Waals surface area (Å²) in [5, 5.41) is 8.77. The number of aryl methyl sites for hydroxylation is 2. The van der Waals surface area contributed by atoms with Crippen LogP contribution in [0.3, 0.4) is 0 Å². The van der Waals surface area contributed by atoms with E-state index in [4.69, 9.17) is 14.6 Å². The molecule has 0 aliphatic rings. The summed E-state index contributed by atoms with van der Waals surface area (Å²) in [7, 11) is 0. The summed E-state index contributed by atoms with van der Waals surface area (Å²) in [5.41, 5.74) is 3.39. The topological polar surface area (TPSA) is 88.6 Å². The third kappa shape index (κ3) is 6.13. The van der Waals surface area contributed by atoms with Crippen LogP contribution in [0.5, 0.6) is 17.2 Å². The summed E-state index contributed by atoms with van der Waals surface area (Å²) in [5.74, 6) is 0.967. The minimum absolute atomic E-state index is 0.108. The number of para-hydroxylation sites is 2. The normalized spacial score (nSPS) is 10.6. The summed E-state index contributed by atoms with van der Waals surface area (Å²) < 4.78 is 11.3. The number of rotatable bonds is 10. The average molecular weight is 456 g/mol. The van der Waals surface area contributed by atoms with Crippen LogP contribution < -0.4 is 15.0 Å². The van der Waals surface area contributed by atoms with Crippen molar-refractivity contribution in [3.05, 3.63) is 113 Å². The highest BCUT2D eigenvalue weighted by molar-refractivity contribution is 5.70. The lowest BCUT2D eigenvalue weighted by molar-refractivity contribution is -0.139. The molecule has 0 fully saturated rings. The standard InChI is InChI=1S/C28H25NO5/c30-27(31)19-33-24-13-7-9-20(16-24)8-6-10-21-17-22(18-29-28(21)32)25-14-4-5-15-26(25)34-23-11-2-1-3-12-23/h1-5,7,9,11-18H,6,8,10,19H2,(H,29,32)(H,30,31). The predicted octanol–water partition coefficient (Wildman–Crippen LogP) is 5.47. The van der Waals surface area contributed by atoms with E-state index >= 15 is 0 Å². The van der Waals surface area contributed by atoms with E-state index in [0.29, 0.717) is 23.5 Å². The van der Waals surface area contributed by atoms with E-state index in [0.717, 1.165) is 35.3 Å². The van der Waals surface area contributed by atoms with Gasteiger partial charge < -0.3 is 19.6 Å². The maximum Gasteiger partial charge on any atom is 0.341 e. The van der Waals surface area contributed by atoms with Crippen LogP contribution in [0.25, 0.3) is 11.1 Å². The van der Waals surface area contributed by atoms with Crippen molar-refractivity contribution in [1.82, 2.24) is 4.98 Å². The third-order valence-corrected chi connectivity index (χ3v) is 5.32. The molecule has 172 valence electrons. The van der Waals surface area contributed by atoms with Gasteiger partial charge in [0.2, 0.25) is 0 Å². The van der Waals surface area contributed by atoms with Crippen LogP contribution in [0, 0.1) is 0 Å². The van der Waals surface area contributed by atoms with Crippen molar-refractivity contribution < 1.29 is 19.4 Å². The zero-order valence-corrected chi connectivity index (χ0v) is 18.6. The number of carbonyl (C=O) groups is 1. The van der Waals surface area contributed by atoms with Gasteiger partial charge in [0.25, 0.3) is 5.56 Å². The Morgan fingerprint density at radius 2 is 1.62 bits per heavy atom. The SMILES string of the molecule is O=C(O)COc1cccc(CCCc2cc(-c3ccccc3Oc3ccccc3)c[nH]c2=O)c1. The van der Waals surface area contributed by atoms with E-state index in [-0.39, 0.29) is 12.2 Å². The minimum Gasteiger partial charge on any atom is -0.482 e. The van der Waals surface area contributed by atoms with Gasteiger partial charge in [-0.15, -0.1) is 0 Å². The molecule has 0 aliphatic carbocycles. The molecule has 0 bridgehead atoms. The van der Waals surface area contributed by atoms with E-state index in [2.05, 4.69) is 4.98 Å². The second-order valence-corrected chi connectivity index (χ2v) is 7.84. The molecular weight excluding hydrogens is 430 g/mol. The summed E-state index contributed by atoms with van der Waals surface area (Å²) in [4.78, 5) is 26.0. The van der Waals surface area contributed by atoms with Crippen LogP contribution in [-0.2, 0) is 17.6 Å². The smallest absolute Gasteiger partial charge is 0.341 e. The average Bonchev–Trinajstić information content (AvgIpc) is 2.85. The number of carboxylic acids is 1. The van der Waals surface area contributed by atoms with Crippen LogP contribution in [0.15, 0.2) is 95.9 Å². The second-order valence-electron chi connectivity index (χ2n) is 7.84. The van der Waals surface area contributed by atoms with Gasteiger partial charge in [-0.1, -0.05) is 48.5 Å². The Hall–Kier alpha value is -4.32. The van der Waals surface area contributed by atoms with Gasteiger partial charge in [-0.05, 0) is 61.2 Å². The quantitative estimate of drug-likeness (QED) is 0.331. The van der Waals surface area contributed by atoms with Crippen molar-refractivity contribution in [2.24, 2.45) is 0 Å². The van der Waals surface area contributed by atoms with Gasteiger partial charge in [0.15, 0.2) is 6.61 Å². The highest BCUT2D eigenvalue weighted by atomic mass is 16.5. The monoisotopic (exact) mass is 455 g/mol. The predicted molar refractivity (Wildman–Crippen MR) is 131 cm³/mol. The van der Waals surface area contributed by atoms with Gasteiger partial charge in [-0.25, -0.2) is 4.79 Å². The lowest BCUT2D eigenvalue weighted by Crippen LogP contribution is -2.12. The van der Waals surface area contributed by atoms with Crippen molar-refractivity contribution in [3.63, 3.8) is 0 Å². The number of hydrogen-bond donors (Lipinski definition) is 2. The van der Waals surface area contributed by atoms with E-state index < -0.39 is 5.97 Å². The first kappa shape index (κ1) is 22.9. The molecule has 6 heteroatoms. The van der Waals surface area contributed by atoms with E-state index in [9.17, 15) is 9.59 Å². The number of H-pyrrole nitrogens is 1. The van der Waals surface area contributed by atoms with Crippen molar-refractivity contribution in [2.75, 3.05) is 6.61 Å². The molecule has 0 spiro atoms. The number of carboxylic acid groups (broad SMARTS) is 1. The van der Waals surface area contributed by atoms with Crippen LogP contribution in [-0.4, -0.2) is 22.7 Å². The summed E-state index contributed by atoms with van der Waals surface area (Å²) >= 11 is 0. The first-order valence-electron chi connectivity index (χ1n) is 11.1. The number of aromatic nitrogens is 1. The number of aromatic amines is 1. The second kappa shape index (κ2) is 11.0. The first-order chi connectivity index (χ1) is 16.6. The van der Waals surface area contributed by atoms with Crippen molar-refractivity contribution in [3.8, 4) is 28.4 Å². The Morgan fingerprint density at radius 1 is 0.853 bits per heavy atom. The van der Waals surface area contributed by atoms with E-state index in [1.807, 2.05) is 78.9 Å². The zero-order valence-electron chi connectivity index (χ0n) is 18.6. The zero-order chi connectivity index (χ0) is 23.8. The third-order valence-electron chi connectivity index (χ3n) is 5.32. The van der Waals surface area contributed by atoms with Gasteiger partial charge >= 0.3 is 5.97 Å². The molecule has 0 unspecified atom stereocenters. The molecule has 34 heavy (non-hydrogen) atoms. The molecular formula is C28H25NO5. The Bertz CT molecular complexity index is 1310. The fourth-order valence-corrected chi connectivity index (χ4v) is 3.70. The highest BCUT2D eigenvalue weighted by Crippen LogP contribution is 2.33. The Kier molecular flexibility index (Phi) is 7.40. The first-order valence-corrected chi connectivity index (χ1v) is 11.1. The lowest BCUT2D eigenvalue weighted by Gasteiger charge is -2.12. The number of hydrogen-bond acceptors (Lipinski definition) is 4. The summed E-state index contributed by atoms with van der Waals surface area (Å²) in [6.07, 6.45) is 3.81. The van der Waals surface area contributed by atoms with Crippen LogP contribution in [0.4, 0.5) is 0 Å². The van der Waals surface area contributed by atoms with Crippen LogP contribution >= 0.6 is 0 Å². The Morgan fingerprint density at radius 3 is 2.44 bits per heavy atom. The number of benzene rings is 3. The van der Waals surface area contributed by atoms with Crippen LogP contribution in [0.2, 0.25) is 0 Å². The summed E-state index contributed by atoms with van der Waals surface area (Å²) in [6.45, 7) is -0.374. The fourth-order valence-electron chi connectivity index (χ4n) is 3.70. The summed E-state index contributed by atoms with van der Waals surface area (Å²) in [6, 6.07) is 26.6. The number of aliphatic carboxylic acids is 1. The van der Waals surface area contributed by atoms with E-state index in [1.165, 1.54) is 0 Å². The molecule has 2 N–H and O–H groups in total. The van der Waals surface area contributed by atoms with Crippen molar-refractivity contribution in [1.29, 1.82) is 0 Å². The van der Waals surface area contributed by atoms with Gasteiger partial charge in [0.1, 0.15) is 17.2 Å². The maximum absolute atomic E-state index is 12.5. The van der Waals surface area contributed by atoms with Crippen molar-refractivity contribution in [2.45, 2.75) is 19.3 Å². The molecule has 0 radical (unpaired) electrons. The minimum atomic E-state index is -1.01. The van der Waals surface area contributed by atoms with Gasteiger partial charge in [0, 0.05) is 22.9 Å². The number of nitrogens with one attached hydrogen (secondary N) is 1. The fraction of sp³-hybridized carbons (Fsp3) is 0.143. The molecule has 0 saturated carbocycles. The molecule has 3 aromatic carbocycles. The molecule has 1 heterocycles. The van der Waals surface area contributed by atoms with Crippen LogP contribution in [0.1, 0.15) is 17.5 Å². The largest absolute Gasteiger partial charge is 0.482 e. The Balaban J connectivity index is 1.46. The number of pyridine rings is 1. The molecule has 4 aromatic rings. The lowest BCUT2D eigenvalue weighted by atomic mass is 10.0. The molecule has 4 rings (SSSR count). The maximum atomic E-state index is 12.5. The molecule has 0 atom stereocenters. The van der Waals surface area contributed by atoms with Gasteiger partial charge in [-0.3, -0.25) is 4.79 Å². The van der Waals surface area contributed by atoms with Crippen molar-refractivity contribution >= 4 is 5.97 Å². The van der Waals surface area contributed by atoms with Gasteiger partial charge in [0.05, 0.1) is 0 Å².